The number of hydrogen-bond donors (Lipinski definition) is 0. The van der Waals surface area contributed by atoms with Gasteiger partial charge in [-0.2, -0.15) is 0 Å². The van der Waals surface area contributed by atoms with Crippen LogP contribution in [0.5, 0.6) is 0 Å². The highest BCUT2D eigenvalue weighted by Crippen LogP contribution is 2.28. The van der Waals surface area contributed by atoms with E-state index in [0.717, 1.165) is 12.1 Å². The maximum absolute atomic E-state index is 4.47. The number of hydrogen-bond acceptors (Lipinski definition) is 1. The molecule has 0 N–H and O–H groups in total. The predicted octanol–water partition coefficient (Wildman–Crippen LogP) is 3.32. The Balaban J connectivity index is 2.21. The monoisotopic (exact) mass is 193 g/mol. The molecule has 15 heavy (non-hydrogen) atoms. The molecule has 0 saturated carbocycles. The third kappa shape index (κ3) is 1.37. The molecule has 1 heterocycles. The van der Waals surface area contributed by atoms with Crippen molar-refractivity contribution >= 4 is 6.08 Å². The standard InChI is InChI=1S/C14H11N/c1-2-5-12(6-3-1)14-13-8-4-7-11(13)9-10-15-14/h1-6,8-10H,7H2. The normalized spacial score (nSPS) is 12.8. The van der Waals surface area contributed by atoms with E-state index in [4.69, 9.17) is 0 Å². The zero-order valence-electron chi connectivity index (χ0n) is 8.35. The highest BCUT2D eigenvalue weighted by atomic mass is 14.7. The van der Waals surface area contributed by atoms with E-state index in [1.165, 1.54) is 16.7 Å². The van der Waals surface area contributed by atoms with Crippen molar-refractivity contribution in [1.29, 1.82) is 0 Å². The molecule has 3 rings (SSSR count). The van der Waals surface area contributed by atoms with Crippen LogP contribution in [0.2, 0.25) is 0 Å². The summed E-state index contributed by atoms with van der Waals surface area (Å²) in [6, 6.07) is 12.4. The average Bonchev–Trinajstić information content (AvgIpc) is 2.78. The second-order valence-electron chi connectivity index (χ2n) is 3.70. The fourth-order valence-corrected chi connectivity index (χ4v) is 2.01. The molecule has 0 fully saturated rings. The molecule has 2 aromatic rings. The van der Waals surface area contributed by atoms with Gasteiger partial charge in [-0.1, -0.05) is 42.5 Å². The van der Waals surface area contributed by atoms with Gasteiger partial charge in [-0.25, -0.2) is 0 Å². The summed E-state index contributed by atoms with van der Waals surface area (Å²) < 4.78 is 0. The second kappa shape index (κ2) is 3.35. The van der Waals surface area contributed by atoms with Gasteiger partial charge in [0.1, 0.15) is 0 Å². The fraction of sp³-hybridized carbons (Fsp3) is 0.0714. The molecule has 1 aromatic carbocycles. The summed E-state index contributed by atoms with van der Waals surface area (Å²) in [5.74, 6) is 0. The third-order valence-electron chi connectivity index (χ3n) is 2.75. The lowest BCUT2D eigenvalue weighted by atomic mass is 10.0. The van der Waals surface area contributed by atoms with Gasteiger partial charge in [0, 0.05) is 17.3 Å². The minimum absolute atomic E-state index is 1.04. The predicted molar refractivity (Wildman–Crippen MR) is 62.4 cm³/mol. The van der Waals surface area contributed by atoms with Crippen LogP contribution in [0.25, 0.3) is 17.3 Å². The van der Waals surface area contributed by atoms with Crippen LogP contribution < -0.4 is 0 Å². The Morgan fingerprint density at radius 2 is 1.87 bits per heavy atom. The number of aromatic nitrogens is 1. The SMILES string of the molecule is C1=Cc2c(ccnc2-c2ccccc2)C1. The number of benzene rings is 1. The minimum Gasteiger partial charge on any atom is -0.256 e. The summed E-state index contributed by atoms with van der Waals surface area (Å²) in [7, 11) is 0. The highest BCUT2D eigenvalue weighted by Gasteiger charge is 2.11. The Bertz CT molecular complexity index is 512. The van der Waals surface area contributed by atoms with E-state index >= 15 is 0 Å². The van der Waals surface area contributed by atoms with Crippen LogP contribution >= 0.6 is 0 Å². The van der Waals surface area contributed by atoms with Crippen LogP contribution in [0.15, 0.2) is 48.7 Å². The lowest BCUT2D eigenvalue weighted by Crippen LogP contribution is -1.90. The van der Waals surface area contributed by atoms with Gasteiger partial charge in [-0.3, -0.25) is 4.98 Å². The van der Waals surface area contributed by atoms with Crippen molar-refractivity contribution < 1.29 is 0 Å². The van der Waals surface area contributed by atoms with Crippen molar-refractivity contribution in [3.05, 3.63) is 59.8 Å². The maximum Gasteiger partial charge on any atom is 0.0777 e. The Morgan fingerprint density at radius 3 is 2.73 bits per heavy atom. The van der Waals surface area contributed by atoms with Gasteiger partial charge in [0.15, 0.2) is 0 Å². The summed E-state index contributed by atoms with van der Waals surface area (Å²) in [6.07, 6.45) is 7.30. The second-order valence-corrected chi connectivity index (χ2v) is 3.70. The quantitative estimate of drug-likeness (QED) is 0.677. The summed E-state index contributed by atoms with van der Waals surface area (Å²) >= 11 is 0. The molecule has 1 nitrogen and oxygen atoms in total. The molecule has 1 aromatic heterocycles. The summed E-state index contributed by atoms with van der Waals surface area (Å²) in [5, 5.41) is 0. The van der Waals surface area contributed by atoms with Crippen molar-refractivity contribution in [2.45, 2.75) is 6.42 Å². The number of rotatable bonds is 1. The van der Waals surface area contributed by atoms with E-state index < -0.39 is 0 Å². The summed E-state index contributed by atoms with van der Waals surface area (Å²) in [4.78, 5) is 4.47. The van der Waals surface area contributed by atoms with E-state index in [0.29, 0.717) is 0 Å². The lowest BCUT2D eigenvalue weighted by molar-refractivity contribution is 1.24. The van der Waals surface area contributed by atoms with Gasteiger partial charge in [0.05, 0.1) is 5.69 Å². The van der Waals surface area contributed by atoms with Crippen LogP contribution in [-0.2, 0) is 6.42 Å². The van der Waals surface area contributed by atoms with E-state index in [9.17, 15) is 0 Å². The first-order chi connectivity index (χ1) is 7.45. The van der Waals surface area contributed by atoms with Gasteiger partial charge in [-0.15, -0.1) is 0 Å². The molecule has 0 unspecified atom stereocenters. The molecule has 0 aliphatic heterocycles. The molecule has 0 radical (unpaired) electrons. The third-order valence-corrected chi connectivity index (χ3v) is 2.75. The molecule has 72 valence electrons. The molecule has 0 atom stereocenters. The zero-order valence-corrected chi connectivity index (χ0v) is 8.35. The first kappa shape index (κ1) is 8.42. The number of nitrogens with zero attached hydrogens (tertiary/aromatic N) is 1. The molecule has 1 aliphatic rings. The Kier molecular flexibility index (Phi) is 1.88. The van der Waals surface area contributed by atoms with Crippen LogP contribution in [0.4, 0.5) is 0 Å². The Labute approximate surface area is 89.1 Å². The average molecular weight is 193 g/mol. The molecule has 0 amide bonds. The van der Waals surface area contributed by atoms with Crippen LogP contribution in [0.1, 0.15) is 11.1 Å². The van der Waals surface area contributed by atoms with Gasteiger partial charge < -0.3 is 0 Å². The zero-order chi connectivity index (χ0) is 10.1. The highest BCUT2D eigenvalue weighted by molar-refractivity contribution is 5.76. The molecule has 0 bridgehead atoms. The van der Waals surface area contributed by atoms with E-state index in [1.54, 1.807) is 0 Å². The topological polar surface area (TPSA) is 12.9 Å². The van der Waals surface area contributed by atoms with Gasteiger partial charge in [-0.05, 0) is 18.1 Å². The number of fused-ring (bicyclic) bond motifs is 1. The fourth-order valence-electron chi connectivity index (χ4n) is 2.01. The molecular weight excluding hydrogens is 182 g/mol. The van der Waals surface area contributed by atoms with E-state index in [1.807, 2.05) is 12.3 Å². The van der Waals surface area contributed by atoms with Gasteiger partial charge in [0.2, 0.25) is 0 Å². The first-order valence-corrected chi connectivity index (χ1v) is 5.15. The Morgan fingerprint density at radius 1 is 1.00 bits per heavy atom. The molecule has 0 spiro atoms. The summed E-state index contributed by atoms with van der Waals surface area (Å²) in [5.41, 5.74) is 4.95. The smallest absolute Gasteiger partial charge is 0.0777 e. The van der Waals surface area contributed by atoms with Crippen LogP contribution in [0, 0.1) is 0 Å². The van der Waals surface area contributed by atoms with Crippen molar-refractivity contribution in [2.75, 3.05) is 0 Å². The summed E-state index contributed by atoms with van der Waals surface area (Å²) in [6.45, 7) is 0. The van der Waals surface area contributed by atoms with E-state index in [2.05, 4.69) is 47.5 Å². The number of allylic oxidation sites excluding steroid dienone is 1. The molecule has 1 aliphatic carbocycles. The molecular formula is C14H11N. The maximum atomic E-state index is 4.47. The van der Waals surface area contributed by atoms with Gasteiger partial charge in [0.25, 0.3) is 0 Å². The largest absolute Gasteiger partial charge is 0.256 e. The van der Waals surface area contributed by atoms with E-state index in [-0.39, 0.29) is 0 Å². The first-order valence-electron chi connectivity index (χ1n) is 5.15. The lowest BCUT2D eigenvalue weighted by Gasteiger charge is -2.06. The Hall–Kier alpha value is -1.89. The van der Waals surface area contributed by atoms with Crippen LogP contribution in [0.3, 0.4) is 0 Å². The molecule has 1 heteroatoms. The van der Waals surface area contributed by atoms with Gasteiger partial charge >= 0.3 is 0 Å². The molecule has 0 saturated heterocycles. The minimum atomic E-state index is 1.04. The number of pyridine rings is 1. The van der Waals surface area contributed by atoms with Crippen molar-refractivity contribution in [3.8, 4) is 11.3 Å². The van der Waals surface area contributed by atoms with Crippen molar-refractivity contribution in [2.24, 2.45) is 0 Å². The van der Waals surface area contributed by atoms with Crippen molar-refractivity contribution in [3.63, 3.8) is 0 Å². The van der Waals surface area contributed by atoms with Crippen molar-refractivity contribution in [1.82, 2.24) is 4.98 Å². The van der Waals surface area contributed by atoms with Crippen LogP contribution in [-0.4, -0.2) is 4.98 Å².